The Balaban J connectivity index is 0. The van der Waals surface area contributed by atoms with Crippen LogP contribution in [-0.2, 0) is 0 Å². The largest absolute Gasteiger partial charge is 0.0776 e. The molecule has 3 radical (unpaired) electrons. The van der Waals surface area contributed by atoms with Crippen LogP contribution in [0.5, 0.6) is 0 Å². The molecule has 1 aliphatic carbocycles. The van der Waals surface area contributed by atoms with Crippen LogP contribution in [0, 0.1) is 0 Å². The normalized spacial score (nSPS) is 18.0. The lowest BCUT2D eigenvalue weighted by Crippen LogP contribution is -1.85. The van der Waals surface area contributed by atoms with E-state index in [2.05, 4.69) is 0 Å². The van der Waals surface area contributed by atoms with Gasteiger partial charge in [0.1, 0.15) is 0 Å². The molecule has 1 rings (SSSR count). The molecule has 0 aromatic carbocycles. The van der Waals surface area contributed by atoms with E-state index in [0.717, 1.165) is 0 Å². The highest BCUT2D eigenvalue weighted by atomic mass is 14.0. The third-order valence-electron chi connectivity index (χ3n) is 1.50. The first-order valence-electron chi connectivity index (χ1n) is 3.00. The predicted molar refractivity (Wildman–Crippen MR) is 40.2 cm³/mol. The molecule has 1 saturated carbocycles. The van der Waals surface area contributed by atoms with Gasteiger partial charge in [0.2, 0.25) is 0 Å². The van der Waals surface area contributed by atoms with E-state index < -0.39 is 0 Å². The molecule has 47 valence electrons. The molecule has 0 aromatic rings. The molecular formula is C7H16B. The van der Waals surface area contributed by atoms with Gasteiger partial charge in [-0.25, -0.2) is 0 Å². The average molecular weight is 111 g/mol. The van der Waals surface area contributed by atoms with E-state index in [-0.39, 0.29) is 15.8 Å². The maximum Gasteiger partial charge on any atom is 0 e. The van der Waals surface area contributed by atoms with E-state index in [1.165, 1.54) is 38.5 Å². The SMILES string of the molecule is C.C1CCCCC1.[B]. The maximum absolute atomic E-state index is 1.50. The second kappa shape index (κ2) is 7.06. The fourth-order valence-electron chi connectivity index (χ4n) is 1.06. The van der Waals surface area contributed by atoms with Crippen LogP contribution in [0.4, 0.5) is 0 Å². The lowest BCUT2D eigenvalue weighted by molar-refractivity contribution is 0.504. The summed E-state index contributed by atoms with van der Waals surface area (Å²) in [6.45, 7) is 0. The van der Waals surface area contributed by atoms with Gasteiger partial charge in [0.05, 0.1) is 0 Å². The van der Waals surface area contributed by atoms with Crippen LogP contribution in [0.1, 0.15) is 46.0 Å². The summed E-state index contributed by atoms with van der Waals surface area (Å²) < 4.78 is 0. The highest BCUT2D eigenvalue weighted by Crippen LogP contribution is 2.15. The van der Waals surface area contributed by atoms with E-state index in [1.54, 1.807) is 0 Å². The highest BCUT2D eigenvalue weighted by molar-refractivity contribution is 5.75. The number of hydrogen-bond acceptors (Lipinski definition) is 0. The van der Waals surface area contributed by atoms with Crippen LogP contribution < -0.4 is 0 Å². The lowest BCUT2D eigenvalue weighted by Gasteiger charge is -2.05. The topological polar surface area (TPSA) is 0 Å². The Hall–Kier alpha value is 0.0649. The minimum absolute atomic E-state index is 0. The quantitative estimate of drug-likeness (QED) is 0.421. The summed E-state index contributed by atoms with van der Waals surface area (Å²) in [6, 6.07) is 0. The van der Waals surface area contributed by atoms with Crippen LogP contribution in [0.2, 0.25) is 0 Å². The smallest absolute Gasteiger partial charge is 0 e. The van der Waals surface area contributed by atoms with Crippen molar-refractivity contribution >= 4 is 8.41 Å². The molecule has 0 atom stereocenters. The van der Waals surface area contributed by atoms with Gasteiger partial charge in [0.15, 0.2) is 0 Å². The molecule has 0 spiro atoms. The van der Waals surface area contributed by atoms with Crippen LogP contribution >= 0.6 is 0 Å². The maximum atomic E-state index is 1.50. The van der Waals surface area contributed by atoms with Crippen molar-refractivity contribution in [2.75, 3.05) is 0 Å². The zero-order valence-electron chi connectivity index (χ0n) is 4.82. The van der Waals surface area contributed by atoms with Crippen LogP contribution in [0.3, 0.4) is 0 Å². The summed E-state index contributed by atoms with van der Waals surface area (Å²) in [7, 11) is 0. The molecule has 1 aliphatic rings. The number of hydrogen-bond donors (Lipinski definition) is 0. The molecule has 0 saturated heterocycles. The monoisotopic (exact) mass is 111 g/mol. The minimum atomic E-state index is 0. The Morgan fingerprint density at radius 1 is 0.500 bits per heavy atom. The molecule has 0 aliphatic heterocycles. The number of rotatable bonds is 0. The van der Waals surface area contributed by atoms with E-state index in [0.29, 0.717) is 0 Å². The third-order valence-corrected chi connectivity index (χ3v) is 1.50. The summed E-state index contributed by atoms with van der Waals surface area (Å²) in [5.74, 6) is 0. The molecule has 1 fully saturated rings. The Labute approximate surface area is 55.3 Å². The summed E-state index contributed by atoms with van der Waals surface area (Å²) in [6.07, 6.45) is 9.00. The van der Waals surface area contributed by atoms with Crippen molar-refractivity contribution in [2.45, 2.75) is 46.0 Å². The van der Waals surface area contributed by atoms with Gasteiger partial charge in [-0.05, 0) is 0 Å². The minimum Gasteiger partial charge on any atom is -0.0776 e. The van der Waals surface area contributed by atoms with E-state index in [4.69, 9.17) is 0 Å². The molecule has 0 amide bonds. The van der Waals surface area contributed by atoms with E-state index >= 15 is 0 Å². The van der Waals surface area contributed by atoms with E-state index in [1.807, 2.05) is 0 Å². The Morgan fingerprint density at radius 2 is 0.625 bits per heavy atom. The summed E-state index contributed by atoms with van der Waals surface area (Å²) >= 11 is 0. The van der Waals surface area contributed by atoms with Gasteiger partial charge in [-0.3, -0.25) is 0 Å². The van der Waals surface area contributed by atoms with Crippen molar-refractivity contribution in [1.82, 2.24) is 0 Å². The van der Waals surface area contributed by atoms with E-state index in [9.17, 15) is 0 Å². The second-order valence-electron chi connectivity index (χ2n) is 2.12. The first-order valence-corrected chi connectivity index (χ1v) is 3.00. The molecule has 0 aromatic heterocycles. The molecule has 8 heavy (non-hydrogen) atoms. The van der Waals surface area contributed by atoms with Gasteiger partial charge in [-0.1, -0.05) is 46.0 Å². The van der Waals surface area contributed by atoms with Gasteiger partial charge in [0.25, 0.3) is 0 Å². The fraction of sp³-hybridized carbons (Fsp3) is 1.00. The van der Waals surface area contributed by atoms with Gasteiger partial charge in [-0.15, -0.1) is 0 Å². The Morgan fingerprint density at radius 3 is 0.750 bits per heavy atom. The molecular weight excluding hydrogens is 94.9 g/mol. The van der Waals surface area contributed by atoms with Gasteiger partial charge in [-0.2, -0.15) is 0 Å². The lowest BCUT2D eigenvalue weighted by atomic mass is 10.0. The van der Waals surface area contributed by atoms with Crippen LogP contribution in [0.25, 0.3) is 0 Å². The zero-order valence-corrected chi connectivity index (χ0v) is 4.82. The summed E-state index contributed by atoms with van der Waals surface area (Å²) in [5, 5.41) is 0. The predicted octanol–water partition coefficient (Wildman–Crippen LogP) is 2.60. The molecule has 1 heteroatoms. The van der Waals surface area contributed by atoms with Crippen molar-refractivity contribution in [2.24, 2.45) is 0 Å². The van der Waals surface area contributed by atoms with Crippen molar-refractivity contribution < 1.29 is 0 Å². The Bertz CT molecular complexity index is 19.9. The highest BCUT2D eigenvalue weighted by Gasteiger charge is 1.95. The third kappa shape index (κ3) is 4.23. The molecule has 0 heterocycles. The van der Waals surface area contributed by atoms with Gasteiger partial charge in [0, 0.05) is 8.41 Å². The summed E-state index contributed by atoms with van der Waals surface area (Å²) in [4.78, 5) is 0. The van der Waals surface area contributed by atoms with Gasteiger partial charge >= 0.3 is 0 Å². The first-order chi connectivity index (χ1) is 3.00. The standard InChI is InChI=1S/C6H12.CH4.B/c1-2-4-6-5-3-1;;/h1-6H2;1H4;. The molecule has 0 N–H and O–H groups in total. The molecule has 0 unspecified atom stereocenters. The zero-order chi connectivity index (χ0) is 4.24. The molecule has 0 nitrogen and oxygen atoms in total. The summed E-state index contributed by atoms with van der Waals surface area (Å²) in [5.41, 5.74) is 0. The second-order valence-corrected chi connectivity index (χ2v) is 2.12. The van der Waals surface area contributed by atoms with Crippen LogP contribution in [0.15, 0.2) is 0 Å². The van der Waals surface area contributed by atoms with Crippen LogP contribution in [-0.4, -0.2) is 8.41 Å². The Kier molecular flexibility index (Phi) is 9.66. The van der Waals surface area contributed by atoms with Crippen molar-refractivity contribution in [3.63, 3.8) is 0 Å². The van der Waals surface area contributed by atoms with Crippen molar-refractivity contribution in [3.05, 3.63) is 0 Å². The fourth-order valence-corrected chi connectivity index (χ4v) is 1.06. The van der Waals surface area contributed by atoms with Crippen molar-refractivity contribution in [3.8, 4) is 0 Å². The first kappa shape index (κ1) is 10.9. The average Bonchev–Trinajstić information content (AvgIpc) is 1.72. The molecule has 0 bridgehead atoms. The van der Waals surface area contributed by atoms with Gasteiger partial charge < -0.3 is 0 Å². The van der Waals surface area contributed by atoms with Crippen molar-refractivity contribution in [1.29, 1.82) is 0 Å².